The van der Waals surface area contributed by atoms with Crippen LogP contribution in [0.1, 0.15) is 41.6 Å². The van der Waals surface area contributed by atoms with Gasteiger partial charge >= 0.3 is 6.18 Å². The van der Waals surface area contributed by atoms with Crippen molar-refractivity contribution in [3.63, 3.8) is 0 Å². The van der Waals surface area contributed by atoms with Gasteiger partial charge in [0.25, 0.3) is 5.91 Å². The number of aliphatic hydroxyl groups is 1. The summed E-state index contributed by atoms with van der Waals surface area (Å²) in [4.78, 5) is 16.9. The number of halogens is 5. The van der Waals surface area contributed by atoms with E-state index in [9.17, 15) is 31.9 Å². The van der Waals surface area contributed by atoms with Gasteiger partial charge in [-0.05, 0) is 62.1 Å². The second kappa shape index (κ2) is 9.42. The number of amides is 1. The van der Waals surface area contributed by atoms with Crippen LogP contribution in [-0.2, 0) is 6.18 Å². The Morgan fingerprint density at radius 1 is 1.00 bits per heavy atom. The first-order chi connectivity index (χ1) is 14.6. The third-order valence-electron chi connectivity index (χ3n) is 4.84. The van der Waals surface area contributed by atoms with E-state index >= 15 is 0 Å². The first-order valence-corrected chi connectivity index (χ1v) is 9.58. The van der Waals surface area contributed by atoms with Gasteiger partial charge in [0.2, 0.25) is 5.96 Å². The Kier molecular flexibility index (Phi) is 6.89. The summed E-state index contributed by atoms with van der Waals surface area (Å²) in [5.41, 5.74) is -1.03. The van der Waals surface area contributed by atoms with Gasteiger partial charge in [0.15, 0.2) is 11.6 Å². The van der Waals surface area contributed by atoms with Crippen LogP contribution in [0.5, 0.6) is 0 Å². The van der Waals surface area contributed by atoms with Crippen LogP contribution in [0.15, 0.2) is 47.5 Å². The molecule has 0 heterocycles. The molecular weight excluding hydrogens is 421 g/mol. The molecule has 0 saturated heterocycles. The highest BCUT2D eigenvalue weighted by Crippen LogP contribution is 2.30. The molecule has 5 nitrogen and oxygen atoms in total. The smallest absolute Gasteiger partial charge is 0.393 e. The van der Waals surface area contributed by atoms with E-state index in [4.69, 9.17) is 0 Å². The van der Waals surface area contributed by atoms with E-state index in [0.29, 0.717) is 31.7 Å². The summed E-state index contributed by atoms with van der Waals surface area (Å²) in [6.07, 6.45) is -2.94. The van der Waals surface area contributed by atoms with Crippen LogP contribution in [-0.4, -0.2) is 29.1 Å². The SMILES string of the molecule is O=C(NC(=NC1CCC(O)CC1)Nc1cccc(C(F)(F)F)c1)c1ccc(F)c(F)c1. The number of carbonyl (C=O) groups is 1. The fraction of sp³-hybridized carbons (Fsp3) is 0.333. The van der Waals surface area contributed by atoms with Gasteiger partial charge in [-0.1, -0.05) is 6.07 Å². The summed E-state index contributed by atoms with van der Waals surface area (Å²) in [5, 5.41) is 14.7. The van der Waals surface area contributed by atoms with Crippen molar-refractivity contribution >= 4 is 17.6 Å². The fourth-order valence-electron chi connectivity index (χ4n) is 3.19. The maximum absolute atomic E-state index is 13.5. The summed E-state index contributed by atoms with van der Waals surface area (Å²) in [6.45, 7) is 0. The molecule has 0 spiro atoms. The van der Waals surface area contributed by atoms with Gasteiger partial charge in [0, 0.05) is 11.3 Å². The molecule has 31 heavy (non-hydrogen) atoms. The average Bonchev–Trinajstić information content (AvgIpc) is 2.71. The highest BCUT2D eigenvalue weighted by Gasteiger charge is 2.30. The lowest BCUT2D eigenvalue weighted by Gasteiger charge is -2.23. The average molecular weight is 441 g/mol. The van der Waals surface area contributed by atoms with Gasteiger partial charge in [-0.2, -0.15) is 13.2 Å². The van der Waals surface area contributed by atoms with Crippen LogP contribution >= 0.6 is 0 Å². The Balaban J connectivity index is 1.84. The standard InChI is InChI=1S/C21H20F5N3O2/c22-17-9-4-12(10-18(17)23)19(31)29-20(27-14-5-7-16(30)8-6-14)28-15-3-1-2-13(11-15)21(24,25)26/h1-4,9-11,14,16,30H,5-8H2,(H2,27,28,29,31). The minimum absolute atomic E-state index is 0.0370. The van der Waals surface area contributed by atoms with Crippen LogP contribution in [0.2, 0.25) is 0 Å². The van der Waals surface area contributed by atoms with Crippen molar-refractivity contribution in [1.29, 1.82) is 0 Å². The second-order valence-electron chi connectivity index (χ2n) is 7.23. The van der Waals surface area contributed by atoms with Crippen LogP contribution in [0.3, 0.4) is 0 Å². The molecule has 0 unspecified atom stereocenters. The molecule has 1 amide bonds. The van der Waals surface area contributed by atoms with Gasteiger partial charge in [-0.3, -0.25) is 10.1 Å². The molecule has 2 aromatic carbocycles. The lowest BCUT2D eigenvalue weighted by atomic mass is 9.94. The molecule has 0 aliphatic heterocycles. The molecule has 2 aromatic rings. The third kappa shape index (κ3) is 6.24. The van der Waals surface area contributed by atoms with E-state index in [1.54, 1.807) is 0 Å². The molecule has 1 fully saturated rings. The Morgan fingerprint density at radius 3 is 2.35 bits per heavy atom. The van der Waals surface area contributed by atoms with Crippen LogP contribution < -0.4 is 10.6 Å². The van der Waals surface area contributed by atoms with E-state index in [0.717, 1.165) is 24.3 Å². The minimum atomic E-state index is -4.55. The maximum Gasteiger partial charge on any atom is 0.416 e. The normalized spacial score (nSPS) is 19.7. The van der Waals surface area contributed by atoms with E-state index < -0.39 is 35.4 Å². The van der Waals surface area contributed by atoms with Crippen LogP contribution in [0.25, 0.3) is 0 Å². The van der Waals surface area contributed by atoms with Crippen molar-refractivity contribution in [2.75, 3.05) is 5.32 Å². The fourth-order valence-corrected chi connectivity index (χ4v) is 3.19. The Bertz CT molecular complexity index is 970. The quantitative estimate of drug-likeness (QED) is 0.374. The van der Waals surface area contributed by atoms with Gasteiger partial charge in [0.05, 0.1) is 17.7 Å². The zero-order valence-corrected chi connectivity index (χ0v) is 16.2. The number of aliphatic hydroxyl groups excluding tert-OH is 1. The predicted molar refractivity (Wildman–Crippen MR) is 105 cm³/mol. The van der Waals surface area contributed by atoms with Crippen molar-refractivity contribution in [2.24, 2.45) is 4.99 Å². The van der Waals surface area contributed by atoms with Crippen molar-refractivity contribution in [3.05, 3.63) is 65.2 Å². The Morgan fingerprint density at radius 2 is 1.71 bits per heavy atom. The highest BCUT2D eigenvalue weighted by molar-refractivity contribution is 6.10. The molecule has 3 rings (SSSR count). The number of aliphatic imine (C=N–C) groups is 1. The number of hydrogen-bond donors (Lipinski definition) is 3. The van der Waals surface area contributed by atoms with Gasteiger partial charge in [-0.15, -0.1) is 0 Å². The monoisotopic (exact) mass is 441 g/mol. The predicted octanol–water partition coefficient (Wildman–Crippen LogP) is 4.49. The summed E-state index contributed by atoms with van der Waals surface area (Å²) in [6, 6.07) is 6.66. The second-order valence-corrected chi connectivity index (χ2v) is 7.23. The summed E-state index contributed by atoms with van der Waals surface area (Å²) >= 11 is 0. The van der Waals surface area contributed by atoms with Crippen molar-refractivity contribution < 1.29 is 31.9 Å². The zero-order valence-electron chi connectivity index (χ0n) is 16.2. The molecule has 0 aromatic heterocycles. The minimum Gasteiger partial charge on any atom is -0.393 e. The largest absolute Gasteiger partial charge is 0.416 e. The number of nitrogens with one attached hydrogen (secondary N) is 2. The zero-order chi connectivity index (χ0) is 22.6. The lowest BCUT2D eigenvalue weighted by Crippen LogP contribution is -2.37. The van der Waals surface area contributed by atoms with E-state index in [2.05, 4.69) is 15.6 Å². The molecule has 0 atom stereocenters. The first-order valence-electron chi connectivity index (χ1n) is 9.58. The number of carbonyl (C=O) groups excluding carboxylic acids is 1. The van der Waals surface area contributed by atoms with Crippen molar-refractivity contribution in [2.45, 2.75) is 44.0 Å². The molecule has 1 aliphatic rings. The molecule has 3 N–H and O–H groups in total. The molecular formula is C21H20F5N3O2. The maximum atomic E-state index is 13.5. The van der Waals surface area contributed by atoms with Crippen molar-refractivity contribution in [3.8, 4) is 0 Å². The summed E-state index contributed by atoms with van der Waals surface area (Å²) in [5.74, 6) is -3.27. The summed E-state index contributed by atoms with van der Waals surface area (Å²) in [7, 11) is 0. The molecule has 1 saturated carbocycles. The molecule has 166 valence electrons. The number of hydrogen-bond acceptors (Lipinski definition) is 3. The van der Waals surface area contributed by atoms with Gasteiger partial charge in [-0.25, -0.2) is 13.8 Å². The van der Waals surface area contributed by atoms with Gasteiger partial charge < -0.3 is 10.4 Å². The Hall–Kier alpha value is -3.01. The van der Waals surface area contributed by atoms with E-state index in [-0.39, 0.29) is 23.3 Å². The van der Waals surface area contributed by atoms with E-state index in [1.165, 1.54) is 12.1 Å². The lowest BCUT2D eigenvalue weighted by molar-refractivity contribution is -0.137. The highest BCUT2D eigenvalue weighted by atomic mass is 19.4. The van der Waals surface area contributed by atoms with Crippen LogP contribution in [0, 0.1) is 11.6 Å². The molecule has 0 bridgehead atoms. The van der Waals surface area contributed by atoms with Crippen molar-refractivity contribution in [1.82, 2.24) is 5.32 Å². The first kappa shape index (κ1) is 22.7. The number of anilines is 1. The van der Waals surface area contributed by atoms with E-state index in [1.807, 2.05) is 0 Å². The summed E-state index contributed by atoms with van der Waals surface area (Å²) < 4.78 is 65.6. The third-order valence-corrected chi connectivity index (χ3v) is 4.84. The number of alkyl halides is 3. The molecule has 10 heteroatoms. The number of guanidine groups is 1. The molecule has 1 aliphatic carbocycles. The topological polar surface area (TPSA) is 73.7 Å². The number of rotatable bonds is 3. The van der Waals surface area contributed by atoms with Gasteiger partial charge in [0.1, 0.15) is 0 Å². The molecule has 0 radical (unpaired) electrons. The number of nitrogens with zero attached hydrogens (tertiary/aromatic N) is 1. The Labute approximate surface area is 175 Å². The number of benzene rings is 2. The van der Waals surface area contributed by atoms with Crippen LogP contribution in [0.4, 0.5) is 27.6 Å².